The van der Waals surface area contributed by atoms with Crippen molar-refractivity contribution in [3.8, 4) is 5.75 Å². The van der Waals surface area contributed by atoms with Crippen LogP contribution in [0.5, 0.6) is 5.75 Å². The van der Waals surface area contributed by atoms with Crippen molar-refractivity contribution >= 4 is 30.7 Å². The van der Waals surface area contributed by atoms with E-state index in [0.717, 1.165) is 43.1 Å². The van der Waals surface area contributed by atoms with Crippen molar-refractivity contribution in [3.63, 3.8) is 0 Å². The highest BCUT2D eigenvalue weighted by Crippen LogP contribution is 2.23. The molecule has 1 fully saturated rings. The summed E-state index contributed by atoms with van der Waals surface area (Å²) in [4.78, 5) is 17.0. The average molecular weight is 415 g/mol. The largest absolute Gasteiger partial charge is 0.497 e. The van der Waals surface area contributed by atoms with Crippen LogP contribution in [0.15, 0.2) is 36.7 Å². The third-order valence-electron chi connectivity index (χ3n) is 4.81. The lowest BCUT2D eigenvalue weighted by Crippen LogP contribution is -2.31. The second-order valence-corrected chi connectivity index (χ2v) is 6.57. The summed E-state index contributed by atoms with van der Waals surface area (Å²) in [5, 5.41) is 6.50. The van der Waals surface area contributed by atoms with Crippen LogP contribution in [-0.2, 0) is 11.8 Å². The number of amides is 1. The fourth-order valence-electron chi connectivity index (χ4n) is 3.28. The average Bonchev–Trinajstić information content (AvgIpc) is 3.30. The van der Waals surface area contributed by atoms with Gasteiger partial charge in [-0.15, -0.1) is 24.8 Å². The maximum atomic E-state index is 12.5. The standard InChI is InChI=1S/C19H26N4O2.2ClH/c1-23-12-11-21-19(23)18(15-4-6-16(25-2)7-5-15)22-17(24)8-3-14-9-10-20-13-14;;/h4-7,11-12,14,18,20H,3,8-10,13H2,1-2H3,(H,22,24);2*1H. The fourth-order valence-corrected chi connectivity index (χ4v) is 3.28. The Kier molecular flexibility index (Phi) is 9.63. The molecule has 1 aliphatic rings. The number of hydrogen-bond acceptors (Lipinski definition) is 4. The molecule has 2 heterocycles. The van der Waals surface area contributed by atoms with Crippen molar-refractivity contribution in [1.82, 2.24) is 20.2 Å². The number of nitrogens with one attached hydrogen (secondary N) is 2. The van der Waals surface area contributed by atoms with Crippen molar-refractivity contribution in [2.45, 2.75) is 25.3 Å². The molecule has 0 bridgehead atoms. The number of aromatic nitrogens is 2. The van der Waals surface area contributed by atoms with E-state index >= 15 is 0 Å². The first-order valence-electron chi connectivity index (χ1n) is 8.78. The Morgan fingerprint density at radius 3 is 2.67 bits per heavy atom. The van der Waals surface area contributed by atoms with E-state index in [4.69, 9.17) is 4.74 Å². The number of aryl methyl sites for hydroxylation is 1. The van der Waals surface area contributed by atoms with E-state index in [2.05, 4.69) is 15.6 Å². The lowest BCUT2D eigenvalue weighted by Gasteiger charge is -2.20. The summed E-state index contributed by atoms with van der Waals surface area (Å²) < 4.78 is 7.17. The van der Waals surface area contributed by atoms with Crippen LogP contribution in [0.25, 0.3) is 0 Å². The van der Waals surface area contributed by atoms with Gasteiger partial charge in [0, 0.05) is 25.9 Å². The van der Waals surface area contributed by atoms with Gasteiger partial charge in [-0.2, -0.15) is 0 Å². The molecule has 2 unspecified atom stereocenters. The molecule has 2 N–H and O–H groups in total. The molecule has 0 radical (unpaired) electrons. The number of nitrogens with zero attached hydrogens (tertiary/aromatic N) is 2. The normalized spacial score (nSPS) is 16.7. The van der Waals surface area contributed by atoms with E-state index in [1.165, 1.54) is 0 Å². The maximum Gasteiger partial charge on any atom is 0.220 e. The maximum absolute atomic E-state index is 12.5. The zero-order valence-electron chi connectivity index (χ0n) is 15.7. The van der Waals surface area contributed by atoms with Gasteiger partial charge >= 0.3 is 0 Å². The first kappa shape index (κ1) is 23.3. The molecule has 3 rings (SSSR count). The molecule has 27 heavy (non-hydrogen) atoms. The van der Waals surface area contributed by atoms with E-state index in [-0.39, 0.29) is 36.8 Å². The quantitative estimate of drug-likeness (QED) is 0.730. The monoisotopic (exact) mass is 414 g/mol. The molecule has 8 heteroatoms. The number of imidazole rings is 1. The lowest BCUT2D eigenvalue weighted by atomic mass is 10.0. The highest BCUT2D eigenvalue weighted by molar-refractivity contribution is 5.85. The molecule has 1 aromatic heterocycles. The minimum Gasteiger partial charge on any atom is -0.497 e. The second-order valence-electron chi connectivity index (χ2n) is 6.57. The van der Waals surface area contributed by atoms with Crippen molar-refractivity contribution in [2.24, 2.45) is 13.0 Å². The molecule has 0 aliphatic carbocycles. The number of hydrogen-bond donors (Lipinski definition) is 2. The Bertz CT molecular complexity index is 700. The first-order chi connectivity index (χ1) is 12.2. The van der Waals surface area contributed by atoms with Gasteiger partial charge in [0.15, 0.2) is 0 Å². The SMILES string of the molecule is COc1ccc(C(NC(=O)CCC2CCNC2)c2nccn2C)cc1.Cl.Cl. The van der Waals surface area contributed by atoms with E-state index in [1.54, 1.807) is 13.3 Å². The lowest BCUT2D eigenvalue weighted by molar-refractivity contribution is -0.121. The smallest absolute Gasteiger partial charge is 0.220 e. The zero-order valence-corrected chi connectivity index (χ0v) is 17.3. The number of ether oxygens (including phenoxy) is 1. The Labute approximate surface area is 172 Å². The van der Waals surface area contributed by atoms with Gasteiger partial charge in [-0.25, -0.2) is 4.98 Å². The van der Waals surface area contributed by atoms with Crippen LogP contribution in [0.4, 0.5) is 0 Å². The van der Waals surface area contributed by atoms with Crippen molar-refractivity contribution in [2.75, 3.05) is 20.2 Å². The van der Waals surface area contributed by atoms with Gasteiger partial charge in [0.1, 0.15) is 17.6 Å². The fraction of sp³-hybridized carbons (Fsp3) is 0.474. The van der Waals surface area contributed by atoms with Gasteiger partial charge in [-0.05, 0) is 49.5 Å². The Morgan fingerprint density at radius 1 is 1.37 bits per heavy atom. The third-order valence-corrected chi connectivity index (χ3v) is 4.81. The van der Waals surface area contributed by atoms with Crippen LogP contribution in [0.1, 0.15) is 36.7 Å². The van der Waals surface area contributed by atoms with Gasteiger partial charge in [0.2, 0.25) is 5.91 Å². The molecule has 1 aromatic carbocycles. The van der Waals surface area contributed by atoms with Gasteiger partial charge in [0.25, 0.3) is 0 Å². The number of carbonyl (C=O) groups is 1. The molecule has 1 amide bonds. The Balaban J connectivity index is 0.00000182. The Hall–Kier alpha value is -1.76. The summed E-state index contributed by atoms with van der Waals surface area (Å²) >= 11 is 0. The molecule has 0 spiro atoms. The predicted octanol–water partition coefficient (Wildman–Crippen LogP) is 2.87. The van der Waals surface area contributed by atoms with Gasteiger partial charge in [-0.3, -0.25) is 4.79 Å². The molecule has 1 saturated heterocycles. The van der Waals surface area contributed by atoms with Gasteiger partial charge in [0.05, 0.1) is 7.11 Å². The summed E-state index contributed by atoms with van der Waals surface area (Å²) in [6.07, 6.45) is 6.27. The van der Waals surface area contributed by atoms with Crippen molar-refractivity contribution in [1.29, 1.82) is 0 Å². The summed E-state index contributed by atoms with van der Waals surface area (Å²) in [7, 11) is 3.58. The first-order valence-corrected chi connectivity index (χ1v) is 8.78. The van der Waals surface area contributed by atoms with Crippen LogP contribution in [0.2, 0.25) is 0 Å². The molecule has 2 aromatic rings. The van der Waals surface area contributed by atoms with E-state index < -0.39 is 0 Å². The minimum atomic E-state index is -0.264. The van der Waals surface area contributed by atoms with Crippen LogP contribution >= 0.6 is 24.8 Å². The second kappa shape index (κ2) is 11.2. The van der Waals surface area contributed by atoms with E-state index in [9.17, 15) is 4.79 Å². The Morgan fingerprint density at radius 2 is 2.11 bits per heavy atom. The summed E-state index contributed by atoms with van der Waals surface area (Å²) in [6, 6.07) is 7.49. The molecular formula is C19H28Cl2N4O2. The van der Waals surface area contributed by atoms with Crippen LogP contribution < -0.4 is 15.4 Å². The highest BCUT2D eigenvalue weighted by Gasteiger charge is 2.22. The van der Waals surface area contributed by atoms with Crippen molar-refractivity contribution < 1.29 is 9.53 Å². The summed E-state index contributed by atoms with van der Waals surface area (Å²) in [5.74, 6) is 2.29. The number of benzene rings is 1. The summed E-state index contributed by atoms with van der Waals surface area (Å²) in [6.45, 7) is 2.09. The molecule has 1 aliphatic heterocycles. The van der Waals surface area contributed by atoms with E-state index in [0.29, 0.717) is 12.3 Å². The summed E-state index contributed by atoms with van der Waals surface area (Å²) in [5.41, 5.74) is 0.992. The molecular weight excluding hydrogens is 387 g/mol. The highest BCUT2D eigenvalue weighted by atomic mass is 35.5. The van der Waals surface area contributed by atoms with Crippen LogP contribution in [0.3, 0.4) is 0 Å². The van der Waals surface area contributed by atoms with E-state index in [1.807, 2.05) is 42.1 Å². The van der Waals surface area contributed by atoms with Crippen LogP contribution in [0, 0.1) is 5.92 Å². The predicted molar refractivity (Wildman–Crippen MR) is 111 cm³/mol. The zero-order chi connectivity index (χ0) is 17.6. The number of halogens is 2. The molecule has 2 atom stereocenters. The minimum absolute atomic E-state index is 0. The number of rotatable bonds is 7. The number of methoxy groups -OCH3 is 1. The van der Waals surface area contributed by atoms with Crippen molar-refractivity contribution in [3.05, 3.63) is 48.0 Å². The molecule has 6 nitrogen and oxygen atoms in total. The van der Waals surface area contributed by atoms with Gasteiger partial charge in [-0.1, -0.05) is 12.1 Å². The number of carbonyl (C=O) groups excluding carboxylic acids is 1. The van der Waals surface area contributed by atoms with Gasteiger partial charge < -0.3 is 19.9 Å². The molecule has 0 saturated carbocycles. The van der Waals surface area contributed by atoms with Crippen LogP contribution in [-0.4, -0.2) is 35.7 Å². The topological polar surface area (TPSA) is 68.2 Å². The molecule has 150 valence electrons. The third kappa shape index (κ3) is 6.13.